The Hall–Kier alpha value is -0.167. The Morgan fingerprint density at radius 1 is 1.56 bits per heavy atom. The Morgan fingerprint density at radius 2 is 2.22 bits per heavy atom. The number of aromatic nitrogens is 2. The zero-order valence-electron chi connectivity index (χ0n) is 5.46. The van der Waals surface area contributed by atoms with Gasteiger partial charge in [0.25, 0.3) is 0 Å². The molecule has 1 aromatic heterocycles. The van der Waals surface area contributed by atoms with Crippen LogP contribution in [0.2, 0.25) is 0 Å². The van der Waals surface area contributed by atoms with Crippen molar-refractivity contribution in [3.63, 3.8) is 0 Å². The Kier molecular flexibility index (Phi) is 3.71. The number of nitrogens with zero attached hydrogens (tertiary/aromatic N) is 2. The van der Waals surface area contributed by atoms with Gasteiger partial charge in [0.05, 0.1) is 0 Å². The first-order valence-electron chi connectivity index (χ1n) is 2.74. The van der Waals surface area contributed by atoms with E-state index in [0.29, 0.717) is 5.92 Å². The Morgan fingerprint density at radius 3 is 2.44 bits per heavy atom. The van der Waals surface area contributed by atoms with Crippen LogP contribution < -0.4 is 5.10 Å². The zero-order valence-corrected chi connectivity index (χ0v) is 7.10. The minimum absolute atomic E-state index is 0. The molecule has 0 unspecified atom stereocenters. The van der Waals surface area contributed by atoms with Gasteiger partial charge in [-0.3, -0.25) is 0 Å². The van der Waals surface area contributed by atoms with Crippen LogP contribution in [0.1, 0.15) is 25.3 Å². The second kappa shape index (κ2) is 3.78. The molecule has 1 rings (SSSR count). The molecule has 0 fully saturated rings. The molecule has 0 aliphatic carbocycles. The van der Waals surface area contributed by atoms with Gasteiger partial charge in [0, 0.05) is 25.7 Å². The first-order valence-corrected chi connectivity index (χ1v) is 2.74. The van der Waals surface area contributed by atoms with E-state index in [0.717, 1.165) is 0 Å². The second-order valence-corrected chi connectivity index (χ2v) is 2.14. The Bertz CT molecular complexity index is 146. The first kappa shape index (κ1) is 8.83. The molecule has 0 aliphatic rings. The van der Waals surface area contributed by atoms with Crippen molar-refractivity contribution >= 4 is 0 Å². The summed E-state index contributed by atoms with van der Waals surface area (Å²) in [7, 11) is 0. The first-order chi connectivity index (χ1) is 3.80. The summed E-state index contributed by atoms with van der Waals surface area (Å²) in [6, 6.07) is 0. The molecule has 1 aromatic rings. The third-order valence-electron chi connectivity index (χ3n) is 1.15. The van der Waals surface area contributed by atoms with Crippen molar-refractivity contribution < 1.29 is 19.5 Å². The summed E-state index contributed by atoms with van der Waals surface area (Å²) in [4.78, 5) is 0. The van der Waals surface area contributed by atoms with Gasteiger partial charge in [-0.05, 0) is 11.5 Å². The number of hydrogen-bond acceptors (Lipinski definition) is 1. The Labute approximate surface area is 67.8 Å². The van der Waals surface area contributed by atoms with Crippen LogP contribution >= 0.6 is 0 Å². The van der Waals surface area contributed by atoms with Gasteiger partial charge in [-0.15, -0.1) is 0 Å². The van der Waals surface area contributed by atoms with Crippen LogP contribution in [-0.4, -0.2) is 5.10 Å². The summed E-state index contributed by atoms with van der Waals surface area (Å²) in [5, 5.41) is 7.39. The third kappa shape index (κ3) is 2.27. The van der Waals surface area contributed by atoms with E-state index in [9.17, 15) is 0 Å². The van der Waals surface area contributed by atoms with Crippen molar-refractivity contribution in [3.8, 4) is 0 Å². The third-order valence-corrected chi connectivity index (χ3v) is 1.15. The molecule has 1 radical (unpaired) electrons. The summed E-state index contributed by atoms with van der Waals surface area (Å²) >= 11 is 0. The molecule has 0 aliphatic heterocycles. The molecule has 1 heterocycles. The maximum Gasteiger partial charge on any atom is 0.00543 e. The molecule has 0 saturated carbocycles. The molecular formula is C6H9N2Rh-. The van der Waals surface area contributed by atoms with Gasteiger partial charge in [-0.25, -0.2) is 0 Å². The minimum Gasteiger partial charge on any atom is -0.582 e. The molecule has 0 aromatic carbocycles. The van der Waals surface area contributed by atoms with Gasteiger partial charge in [0.2, 0.25) is 0 Å². The van der Waals surface area contributed by atoms with Gasteiger partial charge in [-0.2, -0.15) is 6.20 Å². The predicted octanol–water partition coefficient (Wildman–Crippen LogP) is 1.16. The molecule has 0 spiro atoms. The SMILES string of the molecule is CC(C)c1cn[n-]c1.[Rh]. The molecular weight excluding hydrogens is 203 g/mol. The van der Waals surface area contributed by atoms with E-state index in [1.165, 1.54) is 5.56 Å². The topological polar surface area (TPSA) is 27.0 Å². The molecule has 0 N–H and O–H groups in total. The fourth-order valence-corrected chi connectivity index (χ4v) is 0.531. The van der Waals surface area contributed by atoms with Crippen molar-refractivity contribution in [1.29, 1.82) is 0 Å². The van der Waals surface area contributed by atoms with Crippen LogP contribution in [0.3, 0.4) is 0 Å². The monoisotopic (exact) mass is 212 g/mol. The van der Waals surface area contributed by atoms with Crippen LogP contribution in [0.4, 0.5) is 0 Å². The van der Waals surface area contributed by atoms with E-state index in [1.54, 1.807) is 12.4 Å². The van der Waals surface area contributed by atoms with Crippen molar-refractivity contribution in [2.45, 2.75) is 19.8 Å². The van der Waals surface area contributed by atoms with E-state index >= 15 is 0 Å². The van der Waals surface area contributed by atoms with Crippen LogP contribution in [0.5, 0.6) is 0 Å². The van der Waals surface area contributed by atoms with Crippen molar-refractivity contribution in [2.24, 2.45) is 0 Å². The van der Waals surface area contributed by atoms with E-state index in [4.69, 9.17) is 0 Å². The van der Waals surface area contributed by atoms with Gasteiger partial charge in [0.15, 0.2) is 0 Å². The Balaban J connectivity index is 0.000000640. The summed E-state index contributed by atoms with van der Waals surface area (Å²) < 4.78 is 0. The maximum absolute atomic E-state index is 3.69. The molecule has 3 heteroatoms. The van der Waals surface area contributed by atoms with Crippen LogP contribution in [0, 0.1) is 0 Å². The van der Waals surface area contributed by atoms with Crippen LogP contribution in [0.15, 0.2) is 12.4 Å². The van der Waals surface area contributed by atoms with E-state index < -0.39 is 0 Å². The number of hydrogen-bond donors (Lipinski definition) is 0. The molecule has 0 bridgehead atoms. The molecule has 53 valence electrons. The van der Waals surface area contributed by atoms with Gasteiger partial charge in [-0.1, -0.05) is 13.8 Å². The largest absolute Gasteiger partial charge is 0.582 e. The maximum atomic E-state index is 3.69. The van der Waals surface area contributed by atoms with E-state index in [-0.39, 0.29) is 19.5 Å². The van der Waals surface area contributed by atoms with E-state index in [1.807, 2.05) is 0 Å². The predicted molar refractivity (Wildman–Crippen MR) is 31.6 cm³/mol. The number of rotatable bonds is 1. The zero-order chi connectivity index (χ0) is 5.98. The fourth-order valence-electron chi connectivity index (χ4n) is 0.531. The van der Waals surface area contributed by atoms with Crippen LogP contribution in [-0.2, 0) is 19.5 Å². The standard InChI is InChI=1S/C6H9N2.Rh/c1-5(2)6-3-7-8-4-6;/h3-5H,1-2H3;/q-1;. The van der Waals surface area contributed by atoms with Gasteiger partial charge < -0.3 is 10.2 Å². The molecule has 0 saturated heterocycles. The molecule has 9 heavy (non-hydrogen) atoms. The summed E-state index contributed by atoms with van der Waals surface area (Å²) in [6.45, 7) is 4.25. The van der Waals surface area contributed by atoms with Crippen molar-refractivity contribution in [1.82, 2.24) is 10.2 Å². The van der Waals surface area contributed by atoms with Gasteiger partial charge in [0.1, 0.15) is 0 Å². The second-order valence-electron chi connectivity index (χ2n) is 2.14. The molecule has 0 amide bonds. The fraction of sp³-hybridized carbons (Fsp3) is 0.500. The average molecular weight is 212 g/mol. The summed E-state index contributed by atoms with van der Waals surface area (Å²) in [5.74, 6) is 0.560. The quantitative estimate of drug-likeness (QED) is 0.653. The smallest absolute Gasteiger partial charge is 0.00543 e. The van der Waals surface area contributed by atoms with Gasteiger partial charge >= 0.3 is 0 Å². The van der Waals surface area contributed by atoms with Crippen LogP contribution in [0.25, 0.3) is 0 Å². The van der Waals surface area contributed by atoms with Crippen molar-refractivity contribution in [2.75, 3.05) is 0 Å². The molecule has 0 atom stereocenters. The molecule has 2 nitrogen and oxygen atoms in total. The summed E-state index contributed by atoms with van der Waals surface area (Å²) in [6.07, 6.45) is 3.59. The average Bonchev–Trinajstić information content (AvgIpc) is 2.12. The minimum atomic E-state index is 0. The van der Waals surface area contributed by atoms with Crippen molar-refractivity contribution in [3.05, 3.63) is 18.0 Å². The van der Waals surface area contributed by atoms with E-state index in [2.05, 4.69) is 24.0 Å². The normalized spacial score (nSPS) is 9.22. The summed E-state index contributed by atoms with van der Waals surface area (Å²) in [5.41, 5.74) is 1.21.